The van der Waals surface area contributed by atoms with E-state index in [-0.39, 0.29) is 24.0 Å². The van der Waals surface area contributed by atoms with Gasteiger partial charge in [-0.2, -0.15) is 5.26 Å². The Bertz CT molecular complexity index is 1040. The highest BCUT2D eigenvalue weighted by Gasteiger charge is 2.22. The van der Waals surface area contributed by atoms with E-state index in [1.54, 1.807) is 12.1 Å². The monoisotopic (exact) mass is 384 g/mol. The van der Waals surface area contributed by atoms with E-state index in [4.69, 9.17) is 10.00 Å². The quantitative estimate of drug-likeness (QED) is 0.427. The first-order valence-electron chi connectivity index (χ1n) is 8.92. The van der Waals surface area contributed by atoms with Crippen LogP contribution in [0.3, 0.4) is 0 Å². The lowest BCUT2D eigenvalue weighted by Crippen LogP contribution is -2.26. The number of hydrogen-bond acceptors (Lipinski definition) is 6. The summed E-state index contributed by atoms with van der Waals surface area (Å²) >= 11 is 0. The molecule has 0 N–H and O–H groups in total. The Kier molecular flexibility index (Phi) is 5.42. The van der Waals surface area contributed by atoms with Gasteiger partial charge in [-0.25, -0.2) is 0 Å². The van der Waals surface area contributed by atoms with Gasteiger partial charge in [0.25, 0.3) is 11.2 Å². The molecule has 3 heterocycles. The average Bonchev–Trinajstić information content (AvgIpc) is 3.27. The van der Waals surface area contributed by atoms with Crippen LogP contribution in [-0.4, -0.2) is 32.6 Å². The lowest BCUT2D eigenvalue weighted by Gasteiger charge is -2.15. The van der Waals surface area contributed by atoms with Crippen molar-refractivity contribution in [2.45, 2.75) is 45.9 Å². The molecule has 1 aliphatic rings. The number of aryl methyl sites for hydroxylation is 1. The fraction of sp³-hybridized carbons (Fsp3) is 0.421. The molecule has 0 amide bonds. The number of rotatable bonds is 6. The summed E-state index contributed by atoms with van der Waals surface area (Å²) in [5.41, 5.74) is 0.609. The van der Waals surface area contributed by atoms with Crippen LogP contribution in [0.2, 0.25) is 0 Å². The van der Waals surface area contributed by atoms with Gasteiger partial charge in [-0.1, -0.05) is 0 Å². The minimum atomic E-state index is -0.727. The first-order valence-corrected chi connectivity index (χ1v) is 8.92. The molecule has 9 nitrogen and oxygen atoms in total. The average molecular weight is 384 g/mol. The van der Waals surface area contributed by atoms with E-state index in [0.717, 1.165) is 47.7 Å². The minimum Gasteiger partial charge on any atom is -0.376 e. The van der Waals surface area contributed by atoms with Crippen molar-refractivity contribution in [2.24, 2.45) is 0 Å². The predicted molar refractivity (Wildman–Crippen MR) is 99.3 cm³/mol. The zero-order valence-corrected chi connectivity index (χ0v) is 15.7. The molecular formula is C19H20N4O5. The number of ether oxygens (including phenoxy) is 1. The van der Waals surface area contributed by atoms with Crippen LogP contribution in [0.1, 0.15) is 40.2 Å². The maximum absolute atomic E-state index is 12.8. The van der Waals surface area contributed by atoms with Crippen molar-refractivity contribution in [2.75, 3.05) is 6.61 Å². The lowest BCUT2D eigenvalue weighted by atomic mass is 10.1. The highest BCUT2D eigenvalue weighted by Crippen LogP contribution is 2.21. The van der Waals surface area contributed by atoms with Gasteiger partial charge < -0.3 is 9.30 Å². The molecule has 0 unspecified atom stereocenters. The highest BCUT2D eigenvalue weighted by atomic mass is 16.6. The largest absolute Gasteiger partial charge is 0.376 e. The summed E-state index contributed by atoms with van der Waals surface area (Å²) < 4.78 is 8.60. The van der Waals surface area contributed by atoms with E-state index in [9.17, 15) is 19.7 Å². The van der Waals surface area contributed by atoms with Crippen LogP contribution >= 0.6 is 0 Å². The van der Waals surface area contributed by atoms with Gasteiger partial charge in [-0.05, 0) is 32.8 Å². The molecule has 9 heteroatoms. The normalized spacial score (nSPS) is 16.1. The molecule has 1 saturated heterocycles. The Balaban J connectivity index is 1.90. The SMILES string of the molecule is Cc1cc(C(=O)Cn2cc([N+](=O)[O-])cc(C#N)c2=O)c(C)n1C[C@H]1CCCO1. The van der Waals surface area contributed by atoms with Crippen molar-refractivity contribution >= 4 is 11.5 Å². The second-order valence-corrected chi connectivity index (χ2v) is 6.87. The molecule has 2 aromatic rings. The Morgan fingerprint density at radius 1 is 1.43 bits per heavy atom. The number of Topliss-reactive ketones (excluding diaryl/α,β-unsaturated/α-hetero) is 1. The molecule has 0 radical (unpaired) electrons. The third-order valence-electron chi connectivity index (χ3n) is 5.00. The van der Waals surface area contributed by atoms with Crippen molar-refractivity contribution in [1.29, 1.82) is 5.26 Å². The smallest absolute Gasteiger partial charge is 0.287 e. The van der Waals surface area contributed by atoms with E-state index in [1.165, 1.54) is 0 Å². The van der Waals surface area contributed by atoms with Crippen molar-refractivity contribution in [3.8, 4) is 6.07 Å². The fourth-order valence-corrected chi connectivity index (χ4v) is 3.51. The predicted octanol–water partition coefficient (Wildman–Crippen LogP) is 2.11. The number of carbonyl (C=O) groups is 1. The number of nitriles is 1. The van der Waals surface area contributed by atoms with Crippen LogP contribution in [0.5, 0.6) is 0 Å². The maximum atomic E-state index is 12.8. The van der Waals surface area contributed by atoms with E-state index in [1.807, 2.05) is 18.4 Å². The number of nitro groups is 1. The van der Waals surface area contributed by atoms with Crippen molar-refractivity contribution in [3.05, 3.63) is 61.3 Å². The molecule has 0 aromatic carbocycles. The van der Waals surface area contributed by atoms with Crippen molar-refractivity contribution in [1.82, 2.24) is 9.13 Å². The van der Waals surface area contributed by atoms with Crippen LogP contribution < -0.4 is 5.56 Å². The van der Waals surface area contributed by atoms with Gasteiger partial charge in [0.2, 0.25) is 0 Å². The van der Waals surface area contributed by atoms with Crippen LogP contribution in [0.4, 0.5) is 5.69 Å². The van der Waals surface area contributed by atoms with Crippen LogP contribution in [0, 0.1) is 35.3 Å². The summed E-state index contributed by atoms with van der Waals surface area (Å²) in [4.78, 5) is 35.4. The molecule has 0 spiro atoms. The zero-order chi connectivity index (χ0) is 20.4. The lowest BCUT2D eigenvalue weighted by molar-refractivity contribution is -0.385. The van der Waals surface area contributed by atoms with E-state index >= 15 is 0 Å². The van der Waals surface area contributed by atoms with Gasteiger partial charge in [0, 0.05) is 36.2 Å². The molecule has 0 saturated carbocycles. The summed E-state index contributed by atoms with van der Waals surface area (Å²) in [7, 11) is 0. The molecule has 2 aromatic heterocycles. The number of pyridine rings is 1. The van der Waals surface area contributed by atoms with Gasteiger partial charge in [-0.15, -0.1) is 0 Å². The molecule has 146 valence electrons. The highest BCUT2D eigenvalue weighted by molar-refractivity contribution is 5.97. The molecule has 1 aliphatic heterocycles. The molecule has 1 fully saturated rings. The maximum Gasteiger partial charge on any atom is 0.287 e. The number of aromatic nitrogens is 2. The summed E-state index contributed by atoms with van der Waals surface area (Å²) in [6, 6.07) is 4.31. The Morgan fingerprint density at radius 2 is 2.18 bits per heavy atom. The zero-order valence-electron chi connectivity index (χ0n) is 15.7. The Hall–Kier alpha value is -3.25. The third-order valence-corrected chi connectivity index (χ3v) is 5.00. The summed E-state index contributed by atoms with van der Waals surface area (Å²) in [6.07, 6.45) is 3.10. The number of ketones is 1. The summed E-state index contributed by atoms with van der Waals surface area (Å²) in [5, 5.41) is 20.1. The van der Waals surface area contributed by atoms with E-state index < -0.39 is 16.2 Å². The standard InChI is InChI=1S/C19H20N4O5/c1-12-6-17(13(2)22(12)10-16-4-3-5-28-16)18(24)11-21-9-15(23(26)27)7-14(8-20)19(21)25/h6-7,9,16H,3-5,10-11H2,1-2H3/t16-/m1/s1. The molecular weight excluding hydrogens is 364 g/mol. The summed E-state index contributed by atoms with van der Waals surface area (Å²) in [6.45, 7) is 4.74. The van der Waals surface area contributed by atoms with E-state index in [2.05, 4.69) is 0 Å². The molecule has 1 atom stereocenters. The number of carbonyl (C=O) groups excluding carboxylic acids is 1. The first kappa shape index (κ1) is 19.5. The van der Waals surface area contributed by atoms with Crippen LogP contribution in [-0.2, 0) is 17.8 Å². The van der Waals surface area contributed by atoms with Gasteiger partial charge in [-0.3, -0.25) is 24.3 Å². The van der Waals surface area contributed by atoms with Gasteiger partial charge in [0.15, 0.2) is 5.78 Å². The summed E-state index contributed by atoms with van der Waals surface area (Å²) in [5.74, 6) is -0.349. The van der Waals surface area contributed by atoms with Crippen LogP contribution in [0.15, 0.2) is 23.1 Å². The second kappa shape index (κ2) is 7.78. The Morgan fingerprint density at radius 3 is 2.79 bits per heavy atom. The first-order chi connectivity index (χ1) is 13.3. The van der Waals surface area contributed by atoms with Gasteiger partial charge in [0.1, 0.15) is 11.6 Å². The second-order valence-electron chi connectivity index (χ2n) is 6.87. The molecule has 0 aliphatic carbocycles. The molecule has 0 bridgehead atoms. The molecule has 28 heavy (non-hydrogen) atoms. The molecule has 3 rings (SSSR count). The Labute approximate surface area is 160 Å². The fourth-order valence-electron chi connectivity index (χ4n) is 3.51. The third kappa shape index (κ3) is 3.73. The van der Waals surface area contributed by atoms with Crippen LogP contribution in [0.25, 0.3) is 0 Å². The van der Waals surface area contributed by atoms with Gasteiger partial charge in [0.05, 0.1) is 23.8 Å². The minimum absolute atomic E-state index is 0.116. The van der Waals surface area contributed by atoms with E-state index in [0.29, 0.717) is 12.1 Å². The number of hydrogen-bond donors (Lipinski definition) is 0. The van der Waals surface area contributed by atoms with Crippen molar-refractivity contribution < 1.29 is 14.5 Å². The van der Waals surface area contributed by atoms with Gasteiger partial charge >= 0.3 is 0 Å². The topological polar surface area (TPSA) is 120 Å². The number of nitrogens with zero attached hydrogens (tertiary/aromatic N) is 4. The van der Waals surface area contributed by atoms with Crippen molar-refractivity contribution in [3.63, 3.8) is 0 Å².